The lowest BCUT2D eigenvalue weighted by Crippen LogP contribution is -2.10. The van der Waals surface area contributed by atoms with Gasteiger partial charge in [-0.25, -0.2) is 9.78 Å². The van der Waals surface area contributed by atoms with Crippen LogP contribution in [0.15, 0.2) is 28.9 Å². The second-order valence-corrected chi connectivity index (χ2v) is 6.17. The minimum Gasteiger partial charge on any atom is -0.476 e. The van der Waals surface area contributed by atoms with Crippen molar-refractivity contribution in [3.05, 3.63) is 40.1 Å². The Kier molecular flexibility index (Phi) is 3.49. The summed E-state index contributed by atoms with van der Waals surface area (Å²) in [5.41, 5.74) is 2.17. The van der Waals surface area contributed by atoms with Crippen LogP contribution in [0.4, 0.5) is 0 Å². The third kappa shape index (κ3) is 2.87. The summed E-state index contributed by atoms with van der Waals surface area (Å²) in [6, 6.07) is 7.95. The van der Waals surface area contributed by atoms with Crippen LogP contribution in [-0.4, -0.2) is 21.0 Å². The van der Waals surface area contributed by atoms with Crippen LogP contribution in [0.3, 0.4) is 0 Å². The number of aromatic carboxylic acids is 1. The molecule has 0 radical (unpaired) electrons. The molecule has 2 aromatic rings. The van der Waals surface area contributed by atoms with E-state index in [2.05, 4.69) is 46.7 Å². The zero-order valence-corrected chi connectivity index (χ0v) is 12.6. The Hall–Kier alpha value is -1.62. The predicted octanol–water partition coefficient (Wildman–Crippen LogP) is 3.83. The van der Waals surface area contributed by atoms with Crippen LogP contribution >= 0.6 is 15.9 Å². The monoisotopic (exact) mass is 322 g/mol. The van der Waals surface area contributed by atoms with Crippen molar-refractivity contribution >= 4 is 21.9 Å². The first kappa shape index (κ1) is 13.8. The topological polar surface area (TPSA) is 66.0 Å². The Morgan fingerprint density at radius 1 is 1.26 bits per heavy atom. The van der Waals surface area contributed by atoms with Gasteiger partial charge in [-0.2, -0.15) is 0 Å². The van der Waals surface area contributed by atoms with E-state index in [0.29, 0.717) is 10.4 Å². The number of imidazole rings is 1. The molecule has 0 aliphatic carbocycles. The molecule has 0 spiro atoms. The van der Waals surface area contributed by atoms with Gasteiger partial charge < -0.3 is 10.1 Å². The molecular formula is C14H15BrN2O2. The van der Waals surface area contributed by atoms with Gasteiger partial charge in [0, 0.05) is 5.56 Å². The maximum atomic E-state index is 10.9. The maximum absolute atomic E-state index is 10.9. The molecule has 1 aromatic carbocycles. The molecule has 1 heterocycles. The first-order valence-electron chi connectivity index (χ1n) is 5.89. The minimum atomic E-state index is -1.05. The van der Waals surface area contributed by atoms with E-state index in [0.717, 1.165) is 5.56 Å². The second-order valence-electron chi connectivity index (χ2n) is 5.38. The summed E-state index contributed by atoms with van der Waals surface area (Å²) in [6.45, 7) is 6.44. The van der Waals surface area contributed by atoms with Gasteiger partial charge >= 0.3 is 5.97 Å². The molecule has 0 aliphatic heterocycles. The fourth-order valence-corrected chi connectivity index (χ4v) is 2.20. The van der Waals surface area contributed by atoms with Crippen LogP contribution < -0.4 is 0 Å². The van der Waals surface area contributed by atoms with E-state index in [1.807, 2.05) is 24.3 Å². The van der Waals surface area contributed by atoms with E-state index in [9.17, 15) is 4.79 Å². The number of carboxylic acid groups (broad SMARTS) is 1. The van der Waals surface area contributed by atoms with Gasteiger partial charge in [-0.15, -0.1) is 0 Å². The van der Waals surface area contributed by atoms with Gasteiger partial charge in [0.2, 0.25) is 0 Å². The van der Waals surface area contributed by atoms with Gasteiger partial charge in [-0.1, -0.05) is 45.0 Å². The molecular weight excluding hydrogens is 308 g/mol. The number of benzene rings is 1. The molecule has 0 fully saturated rings. The standard InChI is InChI=1S/C14H15BrN2O2/c1-14(2,3)9-6-4-8(5-7-9)12-16-10(13(18)19)11(15)17-12/h4-7H,1-3H3,(H,16,17)(H,18,19). The molecule has 4 nitrogen and oxygen atoms in total. The van der Waals surface area contributed by atoms with Gasteiger partial charge in [-0.05, 0) is 26.9 Å². The molecule has 0 saturated carbocycles. The number of carbonyl (C=O) groups is 1. The van der Waals surface area contributed by atoms with Crippen molar-refractivity contribution in [2.24, 2.45) is 0 Å². The van der Waals surface area contributed by atoms with Crippen molar-refractivity contribution in [2.75, 3.05) is 0 Å². The molecule has 100 valence electrons. The van der Waals surface area contributed by atoms with Crippen LogP contribution in [0.5, 0.6) is 0 Å². The summed E-state index contributed by atoms with van der Waals surface area (Å²) in [4.78, 5) is 17.9. The van der Waals surface area contributed by atoms with E-state index in [4.69, 9.17) is 5.11 Å². The minimum absolute atomic E-state index is 0.00472. The number of aromatic nitrogens is 2. The molecule has 0 unspecified atom stereocenters. The highest BCUT2D eigenvalue weighted by Crippen LogP contribution is 2.26. The average molecular weight is 323 g/mol. The van der Waals surface area contributed by atoms with Crippen LogP contribution in [0, 0.1) is 0 Å². The average Bonchev–Trinajstić information content (AvgIpc) is 2.70. The van der Waals surface area contributed by atoms with Crippen LogP contribution in [0.2, 0.25) is 0 Å². The number of carboxylic acids is 1. The van der Waals surface area contributed by atoms with Crippen LogP contribution in [-0.2, 0) is 5.41 Å². The predicted molar refractivity (Wildman–Crippen MR) is 77.4 cm³/mol. The molecule has 0 aliphatic rings. The Morgan fingerprint density at radius 3 is 2.26 bits per heavy atom. The summed E-state index contributed by atoms with van der Waals surface area (Å²) in [5.74, 6) is -0.509. The molecule has 1 aromatic heterocycles. The second kappa shape index (κ2) is 4.81. The molecule has 0 saturated heterocycles. The maximum Gasteiger partial charge on any atom is 0.357 e. The largest absolute Gasteiger partial charge is 0.476 e. The highest BCUT2D eigenvalue weighted by Gasteiger charge is 2.17. The molecule has 0 atom stereocenters. The number of nitrogens with one attached hydrogen (secondary N) is 1. The Bertz CT molecular complexity index is 609. The van der Waals surface area contributed by atoms with Crippen molar-refractivity contribution in [2.45, 2.75) is 26.2 Å². The third-order valence-corrected chi connectivity index (χ3v) is 3.46. The fraction of sp³-hybridized carbons (Fsp3) is 0.286. The fourth-order valence-electron chi connectivity index (χ4n) is 1.76. The summed E-state index contributed by atoms with van der Waals surface area (Å²) in [7, 11) is 0. The van der Waals surface area contributed by atoms with Crippen LogP contribution in [0.1, 0.15) is 36.8 Å². The quantitative estimate of drug-likeness (QED) is 0.882. The summed E-state index contributed by atoms with van der Waals surface area (Å²) >= 11 is 3.16. The Labute approximate surface area is 120 Å². The van der Waals surface area contributed by atoms with E-state index < -0.39 is 5.97 Å². The number of H-pyrrole nitrogens is 1. The van der Waals surface area contributed by atoms with Gasteiger partial charge in [0.1, 0.15) is 10.4 Å². The molecule has 0 bridgehead atoms. The van der Waals surface area contributed by atoms with E-state index in [1.54, 1.807) is 0 Å². The number of halogens is 1. The number of hydrogen-bond donors (Lipinski definition) is 2. The lowest BCUT2D eigenvalue weighted by Gasteiger charge is -2.18. The number of hydrogen-bond acceptors (Lipinski definition) is 2. The molecule has 5 heteroatoms. The van der Waals surface area contributed by atoms with E-state index in [-0.39, 0.29) is 11.1 Å². The summed E-state index contributed by atoms with van der Waals surface area (Å²) in [6.07, 6.45) is 0. The molecule has 19 heavy (non-hydrogen) atoms. The zero-order chi connectivity index (χ0) is 14.2. The van der Waals surface area contributed by atoms with Crippen molar-refractivity contribution in [3.63, 3.8) is 0 Å². The molecule has 2 N–H and O–H groups in total. The third-order valence-electron chi connectivity index (χ3n) is 2.89. The number of rotatable bonds is 2. The molecule has 0 amide bonds. The summed E-state index contributed by atoms with van der Waals surface area (Å²) in [5, 5.41) is 8.96. The summed E-state index contributed by atoms with van der Waals surface area (Å²) < 4.78 is 0.384. The number of nitrogens with zero attached hydrogens (tertiary/aromatic N) is 1. The van der Waals surface area contributed by atoms with Crippen molar-refractivity contribution in [3.8, 4) is 11.4 Å². The Morgan fingerprint density at radius 2 is 1.84 bits per heavy atom. The van der Waals surface area contributed by atoms with Crippen molar-refractivity contribution < 1.29 is 9.90 Å². The lowest BCUT2D eigenvalue weighted by molar-refractivity contribution is 0.0690. The van der Waals surface area contributed by atoms with Crippen molar-refractivity contribution in [1.29, 1.82) is 0 Å². The SMILES string of the molecule is CC(C)(C)c1ccc(-c2nc(C(=O)O)c(Br)[nH]2)cc1. The normalized spacial score (nSPS) is 11.6. The van der Waals surface area contributed by atoms with Gasteiger partial charge in [0.15, 0.2) is 5.69 Å². The zero-order valence-electron chi connectivity index (χ0n) is 11.0. The lowest BCUT2D eigenvalue weighted by atomic mass is 9.87. The van der Waals surface area contributed by atoms with Crippen LogP contribution in [0.25, 0.3) is 11.4 Å². The van der Waals surface area contributed by atoms with Crippen molar-refractivity contribution in [1.82, 2.24) is 9.97 Å². The van der Waals surface area contributed by atoms with Gasteiger partial charge in [0.25, 0.3) is 0 Å². The highest BCUT2D eigenvalue weighted by molar-refractivity contribution is 9.10. The van der Waals surface area contributed by atoms with E-state index >= 15 is 0 Å². The Balaban J connectivity index is 2.38. The first-order valence-corrected chi connectivity index (χ1v) is 6.68. The smallest absolute Gasteiger partial charge is 0.357 e. The van der Waals surface area contributed by atoms with E-state index in [1.165, 1.54) is 5.56 Å². The van der Waals surface area contributed by atoms with Gasteiger partial charge in [-0.3, -0.25) is 0 Å². The first-order chi connectivity index (χ1) is 8.79. The highest BCUT2D eigenvalue weighted by atomic mass is 79.9. The van der Waals surface area contributed by atoms with Gasteiger partial charge in [0.05, 0.1) is 0 Å². The molecule has 2 rings (SSSR count). The number of aromatic amines is 1.